The molecule has 0 radical (unpaired) electrons. The molecule has 0 saturated carbocycles. The minimum absolute atomic E-state index is 0.175. The van der Waals surface area contributed by atoms with Crippen molar-refractivity contribution in [2.24, 2.45) is 7.05 Å². The first-order valence-corrected chi connectivity index (χ1v) is 5.41. The predicted octanol–water partition coefficient (Wildman–Crippen LogP) is 0.795. The highest BCUT2D eigenvalue weighted by Gasteiger charge is 2.30. The third-order valence-corrected chi connectivity index (χ3v) is 2.71. The predicted molar refractivity (Wildman–Crippen MR) is 69.3 cm³/mol. The van der Waals surface area contributed by atoms with E-state index in [-0.39, 0.29) is 11.5 Å². The lowest BCUT2D eigenvalue weighted by Gasteiger charge is -2.13. The Bertz CT molecular complexity index is 625. The molecule has 0 bridgehead atoms. The average Bonchev–Trinajstić information content (AvgIpc) is 2.61. The van der Waals surface area contributed by atoms with E-state index in [1.54, 1.807) is 19.2 Å². The Morgan fingerprint density at radius 2 is 2.11 bits per heavy atom. The molecular weight excluding hydrogens is 230 g/mol. The van der Waals surface area contributed by atoms with E-state index in [2.05, 4.69) is 18.3 Å². The number of carbonyl (C=O) groups is 1. The lowest BCUT2D eigenvalue weighted by Crippen LogP contribution is -2.29. The molecule has 1 aromatic heterocycles. The molecule has 1 amide bonds. The van der Waals surface area contributed by atoms with Crippen LogP contribution in [0.4, 0.5) is 5.82 Å². The highest BCUT2D eigenvalue weighted by molar-refractivity contribution is 6.12. The number of carbonyl (C=O) groups excluding carboxylic acids is 1. The molecule has 2 heterocycles. The number of hydrogen-bond acceptors (Lipinski definition) is 3. The van der Waals surface area contributed by atoms with Crippen molar-refractivity contribution in [3.8, 4) is 0 Å². The van der Waals surface area contributed by atoms with Gasteiger partial charge in [0, 0.05) is 18.7 Å². The molecule has 1 fully saturated rings. The first kappa shape index (κ1) is 12.0. The number of anilines is 1. The van der Waals surface area contributed by atoms with Gasteiger partial charge in [-0.3, -0.25) is 14.5 Å². The first-order chi connectivity index (χ1) is 8.54. The van der Waals surface area contributed by atoms with Crippen LogP contribution in [0.2, 0.25) is 0 Å². The van der Waals surface area contributed by atoms with Crippen molar-refractivity contribution in [2.75, 3.05) is 11.4 Å². The van der Waals surface area contributed by atoms with Gasteiger partial charge in [-0.05, 0) is 17.7 Å². The maximum absolute atomic E-state index is 12.1. The van der Waals surface area contributed by atoms with Crippen LogP contribution in [0.1, 0.15) is 0 Å². The van der Waals surface area contributed by atoms with E-state index in [1.165, 1.54) is 21.7 Å². The molecule has 0 N–H and O–H groups in total. The fourth-order valence-electron chi connectivity index (χ4n) is 1.77. The molecule has 0 aliphatic carbocycles. The number of allylic oxidation sites excluding steroid dienone is 2. The Morgan fingerprint density at radius 3 is 2.72 bits per heavy atom. The minimum atomic E-state index is -0.217. The Kier molecular flexibility index (Phi) is 2.97. The van der Waals surface area contributed by atoms with Gasteiger partial charge in [0.2, 0.25) is 0 Å². The molecule has 2 rings (SSSR count). The van der Waals surface area contributed by atoms with Gasteiger partial charge >= 0.3 is 0 Å². The Hall–Kier alpha value is -2.43. The third-order valence-electron chi connectivity index (χ3n) is 2.71. The average molecular weight is 243 g/mol. The normalized spacial score (nSPS) is 17.6. The van der Waals surface area contributed by atoms with Crippen LogP contribution in [0.25, 0.3) is 0 Å². The van der Waals surface area contributed by atoms with Gasteiger partial charge in [-0.1, -0.05) is 19.2 Å². The zero-order chi connectivity index (χ0) is 13.3. The molecule has 1 aromatic rings. The number of rotatable bonds is 2. The van der Waals surface area contributed by atoms with Crippen molar-refractivity contribution in [2.45, 2.75) is 0 Å². The van der Waals surface area contributed by atoms with Gasteiger partial charge in [-0.25, -0.2) is 4.68 Å². The largest absolute Gasteiger partial charge is 0.287 e. The van der Waals surface area contributed by atoms with Crippen LogP contribution in [0.3, 0.4) is 0 Å². The smallest absolute Gasteiger partial charge is 0.266 e. The molecule has 0 unspecified atom stereocenters. The van der Waals surface area contributed by atoms with Crippen LogP contribution in [-0.2, 0) is 11.8 Å². The monoisotopic (exact) mass is 243 g/mol. The molecule has 1 aliphatic rings. The van der Waals surface area contributed by atoms with Crippen molar-refractivity contribution in [3.05, 3.63) is 58.9 Å². The SMILES string of the molecule is C=C/C=C1\C(=C)CN(c2ccc(=O)n(C)n2)C1=O. The van der Waals surface area contributed by atoms with E-state index in [9.17, 15) is 9.59 Å². The maximum Gasteiger partial charge on any atom is 0.266 e. The summed E-state index contributed by atoms with van der Waals surface area (Å²) in [5, 5.41) is 4.05. The summed E-state index contributed by atoms with van der Waals surface area (Å²) < 4.78 is 1.20. The molecule has 1 saturated heterocycles. The summed E-state index contributed by atoms with van der Waals surface area (Å²) in [6, 6.07) is 2.91. The van der Waals surface area contributed by atoms with Crippen LogP contribution in [0.5, 0.6) is 0 Å². The van der Waals surface area contributed by atoms with E-state index in [0.29, 0.717) is 17.9 Å². The summed E-state index contributed by atoms with van der Waals surface area (Å²) in [6.45, 7) is 7.79. The molecular formula is C13H13N3O2. The Morgan fingerprint density at radius 1 is 1.39 bits per heavy atom. The highest BCUT2D eigenvalue weighted by atomic mass is 16.2. The summed E-state index contributed by atoms with van der Waals surface area (Å²) in [6.07, 6.45) is 3.18. The van der Waals surface area contributed by atoms with Crippen LogP contribution < -0.4 is 10.5 Å². The Labute approximate surface area is 104 Å². The van der Waals surface area contributed by atoms with E-state index in [4.69, 9.17) is 0 Å². The quantitative estimate of drug-likeness (QED) is 0.722. The lowest BCUT2D eigenvalue weighted by molar-refractivity contribution is -0.114. The van der Waals surface area contributed by atoms with Crippen LogP contribution >= 0.6 is 0 Å². The van der Waals surface area contributed by atoms with E-state index in [0.717, 1.165) is 5.57 Å². The second-order valence-electron chi connectivity index (χ2n) is 3.96. The molecule has 0 atom stereocenters. The number of aryl methyl sites for hydroxylation is 1. The minimum Gasteiger partial charge on any atom is -0.287 e. The molecule has 0 aromatic carbocycles. The zero-order valence-electron chi connectivity index (χ0n) is 10.1. The van der Waals surface area contributed by atoms with Crippen LogP contribution in [0, 0.1) is 0 Å². The fraction of sp³-hybridized carbons (Fsp3) is 0.154. The van der Waals surface area contributed by atoms with E-state index < -0.39 is 0 Å². The number of aromatic nitrogens is 2. The van der Waals surface area contributed by atoms with E-state index >= 15 is 0 Å². The summed E-state index contributed by atoms with van der Waals surface area (Å²) in [5.74, 6) is 0.266. The van der Waals surface area contributed by atoms with Gasteiger partial charge < -0.3 is 0 Å². The van der Waals surface area contributed by atoms with Crippen LogP contribution in [-0.4, -0.2) is 22.2 Å². The second-order valence-corrected chi connectivity index (χ2v) is 3.96. The van der Waals surface area contributed by atoms with E-state index in [1.807, 2.05) is 0 Å². The van der Waals surface area contributed by atoms with Gasteiger partial charge in [0.1, 0.15) is 0 Å². The van der Waals surface area contributed by atoms with Crippen molar-refractivity contribution < 1.29 is 4.79 Å². The Balaban J connectivity index is 2.42. The molecule has 18 heavy (non-hydrogen) atoms. The van der Waals surface area contributed by atoms with Gasteiger partial charge in [-0.15, -0.1) is 0 Å². The highest BCUT2D eigenvalue weighted by Crippen LogP contribution is 2.25. The van der Waals surface area contributed by atoms with Crippen molar-refractivity contribution in [1.29, 1.82) is 0 Å². The zero-order valence-corrected chi connectivity index (χ0v) is 10.1. The molecule has 0 spiro atoms. The summed E-state index contributed by atoms with van der Waals surface area (Å²) >= 11 is 0. The van der Waals surface area contributed by atoms with Crippen molar-refractivity contribution >= 4 is 11.7 Å². The maximum atomic E-state index is 12.1. The number of nitrogens with zero attached hydrogens (tertiary/aromatic N) is 3. The molecule has 1 aliphatic heterocycles. The molecule has 5 heteroatoms. The number of hydrogen-bond donors (Lipinski definition) is 0. The van der Waals surface area contributed by atoms with Crippen molar-refractivity contribution in [1.82, 2.24) is 9.78 Å². The van der Waals surface area contributed by atoms with Crippen LogP contribution in [0.15, 0.2) is 53.4 Å². The molecule has 92 valence electrons. The van der Waals surface area contributed by atoms with Gasteiger partial charge in [-0.2, -0.15) is 5.10 Å². The standard InChI is InChI=1S/C13H13N3O2/c1-4-5-10-9(2)8-16(13(10)18)11-6-7-12(17)15(3)14-11/h4-7H,1-2,8H2,3H3/b10-5+. The first-order valence-electron chi connectivity index (χ1n) is 5.41. The lowest BCUT2D eigenvalue weighted by atomic mass is 10.1. The third kappa shape index (κ3) is 1.90. The summed E-state index contributed by atoms with van der Waals surface area (Å²) in [4.78, 5) is 24.9. The molecule has 5 nitrogen and oxygen atoms in total. The van der Waals surface area contributed by atoms with Gasteiger partial charge in [0.25, 0.3) is 11.5 Å². The summed E-state index contributed by atoms with van der Waals surface area (Å²) in [7, 11) is 1.54. The topological polar surface area (TPSA) is 55.2 Å². The summed E-state index contributed by atoms with van der Waals surface area (Å²) in [5.41, 5.74) is 1.03. The van der Waals surface area contributed by atoms with Gasteiger partial charge in [0.15, 0.2) is 5.82 Å². The van der Waals surface area contributed by atoms with Gasteiger partial charge in [0.05, 0.1) is 6.54 Å². The van der Waals surface area contributed by atoms with Crippen molar-refractivity contribution in [3.63, 3.8) is 0 Å². The number of amides is 1. The second kappa shape index (κ2) is 4.44. The fourth-order valence-corrected chi connectivity index (χ4v) is 1.77.